The predicted molar refractivity (Wildman–Crippen MR) is 154 cm³/mol. The van der Waals surface area contributed by atoms with Gasteiger partial charge in [-0.05, 0) is 34.7 Å². The number of hydrogen-bond acceptors (Lipinski definition) is 7. The topological polar surface area (TPSA) is 109 Å². The first-order valence-electron chi connectivity index (χ1n) is 12.5. The molecule has 0 radical (unpaired) electrons. The Kier molecular flexibility index (Phi) is 9.91. The lowest BCUT2D eigenvalue weighted by Gasteiger charge is -2.25. The fourth-order valence-corrected chi connectivity index (χ4v) is 5.85. The zero-order valence-corrected chi connectivity index (χ0v) is 23.6. The summed E-state index contributed by atoms with van der Waals surface area (Å²) in [6, 6.07) is 25.5. The Labute approximate surface area is 238 Å². The van der Waals surface area contributed by atoms with Gasteiger partial charge in [0.1, 0.15) is 12.4 Å². The van der Waals surface area contributed by atoms with Crippen molar-refractivity contribution in [1.82, 2.24) is 9.62 Å². The van der Waals surface area contributed by atoms with Crippen molar-refractivity contribution >= 4 is 27.3 Å². The molecule has 4 aromatic rings. The number of thiophene rings is 1. The maximum atomic E-state index is 13.5. The summed E-state index contributed by atoms with van der Waals surface area (Å²) in [5, 5.41) is 10.9. The molecular weight excluding hydrogens is 546 g/mol. The minimum absolute atomic E-state index is 0.0164. The van der Waals surface area contributed by atoms with Crippen molar-refractivity contribution in [2.45, 2.75) is 24.4 Å². The van der Waals surface area contributed by atoms with E-state index in [-0.39, 0.29) is 24.0 Å². The Morgan fingerprint density at radius 1 is 0.975 bits per heavy atom. The Hall–Kier alpha value is -4.17. The number of sulfonamides is 1. The molecule has 0 spiro atoms. The molecule has 0 aliphatic heterocycles. The summed E-state index contributed by atoms with van der Waals surface area (Å²) in [6.07, 6.45) is 1.79. The van der Waals surface area contributed by atoms with Crippen LogP contribution in [0.1, 0.15) is 16.0 Å². The Morgan fingerprint density at radius 2 is 1.75 bits per heavy atom. The monoisotopic (exact) mass is 575 g/mol. The summed E-state index contributed by atoms with van der Waals surface area (Å²) in [5.41, 5.74) is 2.79. The minimum atomic E-state index is -4.05. The van der Waals surface area contributed by atoms with Crippen LogP contribution in [0.25, 0.3) is 11.1 Å². The Bertz CT molecular complexity index is 1570. The molecule has 8 nitrogen and oxygen atoms in total. The van der Waals surface area contributed by atoms with E-state index in [4.69, 9.17) is 14.7 Å². The van der Waals surface area contributed by atoms with Crippen LogP contribution in [0.3, 0.4) is 0 Å². The molecule has 40 heavy (non-hydrogen) atoms. The van der Waals surface area contributed by atoms with Gasteiger partial charge >= 0.3 is 0 Å². The molecular formula is C30H29N3O5S2. The fourth-order valence-electron chi connectivity index (χ4n) is 4.19. The second-order valence-corrected chi connectivity index (χ2v) is 11.6. The van der Waals surface area contributed by atoms with Crippen molar-refractivity contribution < 1.29 is 22.7 Å². The van der Waals surface area contributed by atoms with Gasteiger partial charge in [-0.25, -0.2) is 13.1 Å². The average Bonchev–Trinajstić information content (AvgIpc) is 3.47. The van der Waals surface area contributed by atoms with E-state index >= 15 is 0 Å². The van der Waals surface area contributed by atoms with Gasteiger partial charge in [0.25, 0.3) is 10.0 Å². The highest BCUT2D eigenvalue weighted by Gasteiger charge is 2.21. The zero-order valence-electron chi connectivity index (χ0n) is 21.9. The van der Waals surface area contributed by atoms with Crippen LogP contribution in [0.4, 0.5) is 0 Å². The van der Waals surface area contributed by atoms with Crippen LogP contribution in [0.5, 0.6) is 5.75 Å². The number of amides is 1. The molecule has 0 saturated heterocycles. The smallest absolute Gasteiger partial charge is 0.270 e. The van der Waals surface area contributed by atoms with Crippen molar-refractivity contribution in [3.63, 3.8) is 0 Å². The molecule has 0 aliphatic carbocycles. The number of methoxy groups -OCH3 is 1. The SMILES string of the molecule is COCCOc1cc(-c2ccccc2S(=O)(=O)NC#N)ccc1CN(Cc1ccccc1)C(=O)Cc1cccs1. The van der Waals surface area contributed by atoms with E-state index in [1.165, 1.54) is 12.3 Å². The van der Waals surface area contributed by atoms with Crippen molar-refractivity contribution in [2.75, 3.05) is 20.3 Å². The number of carbonyl (C=O) groups is 1. The van der Waals surface area contributed by atoms with Crippen LogP contribution in [0, 0.1) is 11.5 Å². The first-order chi connectivity index (χ1) is 19.4. The van der Waals surface area contributed by atoms with E-state index in [9.17, 15) is 13.2 Å². The van der Waals surface area contributed by atoms with Gasteiger partial charge in [-0.1, -0.05) is 66.7 Å². The van der Waals surface area contributed by atoms with Gasteiger partial charge in [-0.15, -0.1) is 11.3 Å². The zero-order chi connectivity index (χ0) is 28.4. The number of nitriles is 1. The molecule has 1 heterocycles. The number of hydrogen-bond donors (Lipinski definition) is 1. The van der Waals surface area contributed by atoms with E-state index in [0.29, 0.717) is 36.4 Å². The van der Waals surface area contributed by atoms with E-state index in [1.807, 2.05) is 58.6 Å². The van der Waals surface area contributed by atoms with Crippen LogP contribution in [0.15, 0.2) is 95.2 Å². The van der Waals surface area contributed by atoms with Gasteiger partial charge in [0, 0.05) is 36.2 Å². The molecule has 3 aromatic carbocycles. The van der Waals surface area contributed by atoms with Crippen molar-refractivity contribution in [1.29, 1.82) is 5.26 Å². The third-order valence-corrected chi connectivity index (χ3v) is 8.29. The summed E-state index contributed by atoms with van der Waals surface area (Å²) in [4.78, 5) is 16.2. The Morgan fingerprint density at radius 3 is 2.48 bits per heavy atom. The predicted octanol–water partition coefficient (Wildman–Crippen LogP) is 4.97. The second-order valence-electron chi connectivity index (χ2n) is 8.87. The summed E-state index contributed by atoms with van der Waals surface area (Å²) >= 11 is 1.54. The van der Waals surface area contributed by atoms with E-state index < -0.39 is 10.0 Å². The third kappa shape index (κ3) is 7.48. The maximum Gasteiger partial charge on any atom is 0.270 e. The largest absolute Gasteiger partial charge is 0.491 e. The number of benzene rings is 3. The number of rotatable bonds is 13. The molecule has 0 aliphatic rings. The lowest BCUT2D eigenvalue weighted by molar-refractivity contribution is -0.131. The maximum absolute atomic E-state index is 13.5. The highest BCUT2D eigenvalue weighted by Crippen LogP contribution is 2.33. The molecule has 0 fully saturated rings. The molecule has 206 valence electrons. The van der Waals surface area contributed by atoms with E-state index in [1.54, 1.807) is 53.7 Å². The lowest BCUT2D eigenvalue weighted by atomic mass is 10.0. The van der Waals surface area contributed by atoms with Gasteiger partial charge in [0.05, 0.1) is 17.9 Å². The molecule has 4 rings (SSSR count). The van der Waals surface area contributed by atoms with Crippen LogP contribution in [-0.4, -0.2) is 39.5 Å². The third-order valence-electron chi connectivity index (χ3n) is 6.12. The van der Waals surface area contributed by atoms with Gasteiger partial charge in [-0.3, -0.25) is 4.79 Å². The summed E-state index contributed by atoms with van der Waals surface area (Å²) in [7, 11) is -2.47. The van der Waals surface area contributed by atoms with Gasteiger partial charge in [-0.2, -0.15) is 5.26 Å². The summed E-state index contributed by atoms with van der Waals surface area (Å²) in [6.45, 7) is 1.33. The highest BCUT2D eigenvalue weighted by atomic mass is 32.2. The Balaban J connectivity index is 1.70. The number of ether oxygens (including phenoxy) is 2. The van der Waals surface area contributed by atoms with Crippen LogP contribution in [0.2, 0.25) is 0 Å². The molecule has 1 aromatic heterocycles. The minimum Gasteiger partial charge on any atom is -0.491 e. The molecule has 0 unspecified atom stereocenters. The first-order valence-corrected chi connectivity index (χ1v) is 14.9. The average molecular weight is 576 g/mol. The van der Waals surface area contributed by atoms with Gasteiger partial charge in [0.2, 0.25) is 5.91 Å². The quantitative estimate of drug-likeness (QED) is 0.137. The van der Waals surface area contributed by atoms with Crippen molar-refractivity contribution in [2.24, 2.45) is 0 Å². The molecule has 1 N–H and O–H groups in total. The van der Waals surface area contributed by atoms with Crippen molar-refractivity contribution in [3.05, 3.63) is 106 Å². The fraction of sp³-hybridized carbons (Fsp3) is 0.200. The van der Waals surface area contributed by atoms with Crippen LogP contribution < -0.4 is 9.46 Å². The summed E-state index contributed by atoms with van der Waals surface area (Å²) in [5.74, 6) is 0.495. The highest BCUT2D eigenvalue weighted by molar-refractivity contribution is 7.89. The van der Waals surface area contributed by atoms with Gasteiger partial charge in [0.15, 0.2) is 6.19 Å². The second kappa shape index (κ2) is 13.8. The molecule has 10 heteroatoms. The van der Waals surface area contributed by atoms with Crippen molar-refractivity contribution in [3.8, 4) is 23.1 Å². The lowest BCUT2D eigenvalue weighted by Crippen LogP contribution is -2.31. The first kappa shape index (κ1) is 28.8. The molecule has 0 saturated carbocycles. The van der Waals surface area contributed by atoms with E-state index in [2.05, 4.69) is 0 Å². The number of carbonyl (C=O) groups excluding carboxylic acids is 1. The molecule has 1 amide bonds. The number of nitrogens with one attached hydrogen (secondary N) is 1. The van der Waals surface area contributed by atoms with E-state index in [0.717, 1.165) is 16.0 Å². The summed E-state index contributed by atoms with van der Waals surface area (Å²) < 4.78 is 38.5. The van der Waals surface area contributed by atoms with Gasteiger partial charge < -0.3 is 14.4 Å². The standard InChI is InChI=1S/C30H29N3O5S2/c1-37-15-16-38-28-18-24(27-11-5-6-12-29(27)40(35,36)32-22-31)13-14-25(28)21-33(20-23-8-3-2-4-9-23)30(34)19-26-10-7-17-39-26/h2-14,17-18,32H,15-16,19-21H2,1H3. The van der Waals surface area contributed by atoms with Crippen LogP contribution in [-0.2, 0) is 39.1 Å². The molecule has 0 atom stereocenters. The van der Waals surface area contributed by atoms with Crippen LogP contribution >= 0.6 is 11.3 Å². The normalized spacial score (nSPS) is 11.0. The number of nitrogens with zero attached hydrogens (tertiary/aromatic N) is 2. The molecule has 0 bridgehead atoms.